The Bertz CT molecular complexity index is 540. The van der Waals surface area contributed by atoms with E-state index in [4.69, 9.17) is 14.6 Å². The maximum Gasteiger partial charge on any atom is 0.323 e. The molecule has 0 aliphatic rings. The van der Waals surface area contributed by atoms with E-state index >= 15 is 0 Å². The Hall–Kier alpha value is -1.80. The van der Waals surface area contributed by atoms with Crippen molar-refractivity contribution in [2.24, 2.45) is 0 Å². The van der Waals surface area contributed by atoms with Gasteiger partial charge in [0.1, 0.15) is 12.4 Å². The number of carbonyl (C=O) groups is 1. The molecule has 0 fully saturated rings. The number of anilines is 1. The zero-order chi connectivity index (χ0) is 15.2. The van der Waals surface area contributed by atoms with Gasteiger partial charge < -0.3 is 14.6 Å². The number of benzene rings is 1. The summed E-state index contributed by atoms with van der Waals surface area (Å²) in [5, 5.41) is 7.18. The van der Waals surface area contributed by atoms with Gasteiger partial charge >= 0.3 is 5.97 Å². The fourth-order valence-corrected chi connectivity index (χ4v) is 2.15. The number of ether oxygens (including phenoxy) is 2. The molecular formula is C12H17NO6S. The fraction of sp³-hybridized carbons (Fsp3) is 0.417. The van der Waals surface area contributed by atoms with Crippen LogP contribution in [-0.4, -0.2) is 45.1 Å². The average molecular weight is 303 g/mol. The molecule has 0 aliphatic heterocycles. The van der Waals surface area contributed by atoms with E-state index in [1.54, 1.807) is 19.2 Å². The quantitative estimate of drug-likeness (QED) is 0.693. The first-order chi connectivity index (χ1) is 9.36. The zero-order valence-corrected chi connectivity index (χ0v) is 12.0. The highest BCUT2D eigenvalue weighted by atomic mass is 32.2. The maximum absolute atomic E-state index is 11.7. The molecule has 0 saturated heterocycles. The molecule has 0 aliphatic carbocycles. The second kappa shape index (κ2) is 7.11. The van der Waals surface area contributed by atoms with Crippen LogP contribution in [0.1, 0.15) is 6.92 Å². The van der Waals surface area contributed by atoms with Crippen LogP contribution in [0.25, 0.3) is 0 Å². The van der Waals surface area contributed by atoms with Gasteiger partial charge in [0.05, 0.1) is 6.61 Å². The summed E-state index contributed by atoms with van der Waals surface area (Å²) in [6.07, 6.45) is 0. The van der Waals surface area contributed by atoms with Gasteiger partial charge in [-0.25, -0.2) is 8.42 Å². The third-order valence-electron chi connectivity index (χ3n) is 2.48. The Morgan fingerprint density at radius 2 is 1.90 bits per heavy atom. The Morgan fingerprint density at radius 1 is 1.30 bits per heavy atom. The first-order valence-electron chi connectivity index (χ1n) is 5.83. The molecule has 112 valence electrons. The van der Waals surface area contributed by atoms with Crippen molar-refractivity contribution in [2.75, 3.05) is 25.0 Å². The number of rotatable bonds is 8. The van der Waals surface area contributed by atoms with Gasteiger partial charge in [-0.1, -0.05) is 0 Å². The van der Waals surface area contributed by atoms with E-state index in [1.165, 1.54) is 12.1 Å². The van der Waals surface area contributed by atoms with E-state index in [0.29, 0.717) is 19.0 Å². The lowest BCUT2D eigenvalue weighted by Gasteiger charge is -2.12. The van der Waals surface area contributed by atoms with Crippen LogP contribution in [0.5, 0.6) is 5.75 Å². The standard InChI is InChI=1S/C12H17NO6S/c1-9(12(14)15)20(16,17)13-10-3-5-11(6-4-10)19-8-7-18-2/h3-6,9,13H,7-8H2,1-2H3,(H,14,15). The number of hydrogen-bond acceptors (Lipinski definition) is 5. The minimum absolute atomic E-state index is 0.275. The molecule has 0 aromatic heterocycles. The minimum Gasteiger partial charge on any atom is -0.491 e. The molecule has 0 bridgehead atoms. The molecule has 1 aromatic carbocycles. The van der Waals surface area contributed by atoms with Crippen LogP contribution in [0, 0.1) is 0 Å². The fourth-order valence-electron chi connectivity index (χ4n) is 1.25. The Balaban J connectivity index is 2.68. The number of hydrogen-bond donors (Lipinski definition) is 2. The lowest BCUT2D eigenvalue weighted by atomic mass is 10.3. The molecule has 0 spiro atoms. The predicted octanol–water partition coefficient (Wildman–Crippen LogP) is 0.927. The smallest absolute Gasteiger partial charge is 0.323 e. The van der Waals surface area contributed by atoms with Crippen molar-refractivity contribution >= 4 is 21.7 Å². The summed E-state index contributed by atoms with van der Waals surface area (Å²) in [5.74, 6) is -0.840. The number of carboxylic acid groups (broad SMARTS) is 1. The largest absolute Gasteiger partial charge is 0.491 e. The lowest BCUT2D eigenvalue weighted by Crippen LogP contribution is -2.32. The van der Waals surface area contributed by atoms with E-state index < -0.39 is 21.2 Å². The molecular weight excluding hydrogens is 286 g/mol. The molecule has 1 unspecified atom stereocenters. The zero-order valence-electron chi connectivity index (χ0n) is 11.2. The first-order valence-corrected chi connectivity index (χ1v) is 7.37. The van der Waals surface area contributed by atoms with Gasteiger partial charge in [-0.2, -0.15) is 0 Å². The summed E-state index contributed by atoms with van der Waals surface area (Å²) in [7, 11) is -2.40. The second-order valence-corrected chi connectivity index (χ2v) is 5.99. The molecule has 8 heteroatoms. The third-order valence-corrected chi connectivity index (χ3v) is 4.14. The number of carboxylic acids is 1. The predicted molar refractivity (Wildman–Crippen MR) is 73.5 cm³/mol. The van der Waals surface area contributed by atoms with Gasteiger partial charge in [0.2, 0.25) is 10.0 Å². The number of aliphatic carboxylic acids is 1. The molecule has 1 atom stereocenters. The van der Waals surface area contributed by atoms with Crippen molar-refractivity contribution < 1.29 is 27.8 Å². The highest BCUT2D eigenvalue weighted by Crippen LogP contribution is 2.17. The highest BCUT2D eigenvalue weighted by Gasteiger charge is 2.27. The van der Waals surface area contributed by atoms with Crippen molar-refractivity contribution in [1.82, 2.24) is 0 Å². The summed E-state index contributed by atoms with van der Waals surface area (Å²) in [5.41, 5.74) is 0.275. The van der Waals surface area contributed by atoms with Crippen LogP contribution in [0.15, 0.2) is 24.3 Å². The Morgan fingerprint density at radius 3 is 2.40 bits per heavy atom. The molecule has 7 nitrogen and oxygen atoms in total. The van der Waals surface area contributed by atoms with E-state index in [1.807, 2.05) is 0 Å². The minimum atomic E-state index is -3.96. The Labute approximate surface area is 117 Å². The molecule has 1 aromatic rings. The topological polar surface area (TPSA) is 102 Å². The van der Waals surface area contributed by atoms with Gasteiger partial charge in [0.25, 0.3) is 0 Å². The molecule has 0 saturated carbocycles. The summed E-state index contributed by atoms with van der Waals surface area (Å²) in [6, 6.07) is 6.15. The summed E-state index contributed by atoms with van der Waals surface area (Å²) < 4.78 is 35.8. The van der Waals surface area contributed by atoms with Gasteiger partial charge in [0.15, 0.2) is 5.25 Å². The molecule has 2 N–H and O–H groups in total. The van der Waals surface area contributed by atoms with Crippen LogP contribution in [0.2, 0.25) is 0 Å². The molecule has 0 amide bonds. The van der Waals surface area contributed by atoms with E-state index in [9.17, 15) is 13.2 Å². The highest BCUT2D eigenvalue weighted by molar-refractivity contribution is 7.94. The maximum atomic E-state index is 11.7. The van der Waals surface area contributed by atoms with E-state index in [2.05, 4.69) is 4.72 Å². The number of methoxy groups -OCH3 is 1. The monoisotopic (exact) mass is 303 g/mol. The van der Waals surface area contributed by atoms with Crippen molar-refractivity contribution in [3.05, 3.63) is 24.3 Å². The average Bonchev–Trinajstić information content (AvgIpc) is 2.39. The number of nitrogens with one attached hydrogen (secondary N) is 1. The van der Waals surface area contributed by atoms with E-state index in [0.717, 1.165) is 6.92 Å². The first kappa shape index (κ1) is 16.3. The third kappa shape index (κ3) is 4.71. The summed E-state index contributed by atoms with van der Waals surface area (Å²) in [4.78, 5) is 10.7. The van der Waals surface area contributed by atoms with Crippen LogP contribution >= 0.6 is 0 Å². The SMILES string of the molecule is COCCOc1ccc(NS(=O)(=O)C(C)C(=O)O)cc1. The van der Waals surface area contributed by atoms with E-state index in [-0.39, 0.29) is 5.69 Å². The van der Waals surface area contributed by atoms with Crippen LogP contribution in [-0.2, 0) is 19.6 Å². The van der Waals surface area contributed by atoms with Crippen LogP contribution < -0.4 is 9.46 Å². The van der Waals surface area contributed by atoms with Gasteiger partial charge in [0, 0.05) is 12.8 Å². The lowest BCUT2D eigenvalue weighted by molar-refractivity contribution is -0.136. The normalized spacial score (nSPS) is 12.7. The summed E-state index contributed by atoms with van der Waals surface area (Å²) in [6.45, 7) is 1.94. The van der Waals surface area contributed by atoms with Crippen molar-refractivity contribution in [2.45, 2.75) is 12.2 Å². The van der Waals surface area contributed by atoms with Gasteiger partial charge in [-0.05, 0) is 31.2 Å². The van der Waals surface area contributed by atoms with Gasteiger partial charge in [-0.15, -0.1) is 0 Å². The Kier molecular flexibility index (Phi) is 5.78. The summed E-state index contributed by atoms with van der Waals surface area (Å²) >= 11 is 0. The van der Waals surface area contributed by atoms with Crippen LogP contribution in [0.3, 0.4) is 0 Å². The number of sulfonamides is 1. The molecule has 1 rings (SSSR count). The van der Waals surface area contributed by atoms with Crippen molar-refractivity contribution in [3.63, 3.8) is 0 Å². The van der Waals surface area contributed by atoms with Crippen molar-refractivity contribution in [3.8, 4) is 5.75 Å². The van der Waals surface area contributed by atoms with Crippen LogP contribution in [0.4, 0.5) is 5.69 Å². The molecule has 0 heterocycles. The van der Waals surface area contributed by atoms with Crippen molar-refractivity contribution in [1.29, 1.82) is 0 Å². The second-order valence-electron chi connectivity index (χ2n) is 3.99. The molecule has 20 heavy (non-hydrogen) atoms. The molecule has 0 radical (unpaired) electrons. The van der Waals surface area contributed by atoms with Gasteiger partial charge in [-0.3, -0.25) is 9.52 Å².